The topological polar surface area (TPSA) is 29.3 Å². The summed E-state index contributed by atoms with van der Waals surface area (Å²) in [5.41, 5.74) is 8.68. The van der Waals surface area contributed by atoms with Gasteiger partial charge in [0, 0.05) is 30.2 Å². The molecule has 0 spiro atoms. The number of nitrogens with zero attached hydrogens (tertiary/aromatic N) is 1. The maximum Gasteiger partial charge on any atom is 0.0314 e. The molecule has 1 aromatic rings. The van der Waals surface area contributed by atoms with Crippen LogP contribution in [0.15, 0.2) is 24.3 Å². The molecule has 3 aliphatic rings. The van der Waals surface area contributed by atoms with Crippen LogP contribution >= 0.6 is 0 Å². The van der Waals surface area contributed by atoms with Crippen LogP contribution in [0.1, 0.15) is 44.1 Å². The molecule has 1 aromatic carbocycles. The largest absolute Gasteiger partial charge is 0.399 e. The van der Waals surface area contributed by atoms with Crippen LogP contribution in [0.3, 0.4) is 0 Å². The molecule has 3 aliphatic carbocycles. The van der Waals surface area contributed by atoms with Crippen molar-refractivity contribution in [2.24, 2.45) is 5.92 Å². The van der Waals surface area contributed by atoms with Crippen LogP contribution in [-0.4, -0.2) is 24.0 Å². The zero-order chi connectivity index (χ0) is 12.9. The van der Waals surface area contributed by atoms with Crippen molar-refractivity contribution in [1.82, 2.24) is 4.90 Å². The van der Waals surface area contributed by atoms with Gasteiger partial charge in [-0.2, -0.15) is 0 Å². The number of nitrogen functional groups attached to an aromatic ring is 1. The third kappa shape index (κ3) is 2.51. The smallest absolute Gasteiger partial charge is 0.0314 e. The zero-order valence-electron chi connectivity index (χ0n) is 11.6. The molecule has 4 rings (SSSR count). The number of hydrogen-bond acceptors (Lipinski definition) is 2. The first kappa shape index (κ1) is 11.8. The Hall–Kier alpha value is -1.02. The lowest BCUT2D eigenvalue weighted by Crippen LogP contribution is -2.36. The van der Waals surface area contributed by atoms with E-state index in [-0.39, 0.29) is 0 Å². The predicted molar refractivity (Wildman–Crippen MR) is 79.1 cm³/mol. The molecule has 0 heterocycles. The van der Waals surface area contributed by atoms with E-state index >= 15 is 0 Å². The fraction of sp³-hybridized carbons (Fsp3) is 0.647. The number of nitrogens with two attached hydrogens (primary N) is 1. The quantitative estimate of drug-likeness (QED) is 0.792. The minimum Gasteiger partial charge on any atom is -0.399 e. The highest BCUT2D eigenvalue weighted by Crippen LogP contribution is 2.50. The Morgan fingerprint density at radius 1 is 1.05 bits per heavy atom. The highest BCUT2D eigenvalue weighted by molar-refractivity contribution is 5.43. The summed E-state index contributed by atoms with van der Waals surface area (Å²) in [5, 5.41) is 0. The second-order valence-electron chi connectivity index (χ2n) is 7.01. The summed E-state index contributed by atoms with van der Waals surface area (Å²) in [5.74, 6) is 1.02. The minimum absolute atomic E-state index is 0.463. The predicted octanol–water partition coefficient (Wildman–Crippen LogP) is 3.17. The van der Waals surface area contributed by atoms with E-state index in [4.69, 9.17) is 5.73 Å². The number of rotatable bonds is 6. The third-order valence-corrected chi connectivity index (χ3v) is 5.14. The van der Waals surface area contributed by atoms with E-state index in [2.05, 4.69) is 29.2 Å². The molecular formula is C17H24N2. The highest BCUT2D eigenvalue weighted by atomic mass is 15.2. The van der Waals surface area contributed by atoms with Crippen molar-refractivity contribution in [3.8, 4) is 0 Å². The summed E-state index contributed by atoms with van der Waals surface area (Å²) in [6.45, 7) is 2.65. The average molecular weight is 256 g/mol. The number of benzene rings is 1. The van der Waals surface area contributed by atoms with Gasteiger partial charge in [0.05, 0.1) is 0 Å². The molecule has 0 saturated heterocycles. The second kappa shape index (κ2) is 4.24. The lowest BCUT2D eigenvalue weighted by Gasteiger charge is -2.28. The maximum atomic E-state index is 5.81. The summed E-state index contributed by atoms with van der Waals surface area (Å²) < 4.78 is 0. The molecule has 2 N–H and O–H groups in total. The molecule has 3 saturated carbocycles. The van der Waals surface area contributed by atoms with E-state index in [0.717, 1.165) is 17.6 Å². The van der Waals surface area contributed by atoms with Crippen LogP contribution in [0.4, 0.5) is 5.69 Å². The van der Waals surface area contributed by atoms with E-state index in [9.17, 15) is 0 Å². The Morgan fingerprint density at radius 3 is 2.26 bits per heavy atom. The van der Waals surface area contributed by atoms with Crippen molar-refractivity contribution < 1.29 is 0 Å². The van der Waals surface area contributed by atoms with Crippen LogP contribution < -0.4 is 5.73 Å². The summed E-state index contributed by atoms with van der Waals surface area (Å²) in [6.07, 6.45) is 8.54. The van der Waals surface area contributed by atoms with Crippen LogP contribution in [0.25, 0.3) is 0 Å². The van der Waals surface area contributed by atoms with Gasteiger partial charge >= 0.3 is 0 Å². The maximum absolute atomic E-state index is 5.81. The summed E-state index contributed by atoms with van der Waals surface area (Å²) >= 11 is 0. The van der Waals surface area contributed by atoms with Gasteiger partial charge in [0.2, 0.25) is 0 Å². The first-order chi connectivity index (χ1) is 9.25. The SMILES string of the molecule is Nc1ccc(C2(CN(CC3CC3)C3CC3)CC2)cc1. The Balaban J connectivity index is 1.48. The molecule has 19 heavy (non-hydrogen) atoms. The fourth-order valence-electron chi connectivity index (χ4n) is 3.33. The van der Waals surface area contributed by atoms with Gasteiger partial charge in [0.25, 0.3) is 0 Å². The Bertz CT molecular complexity index is 453. The summed E-state index contributed by atoms with van der Waals surface area (Å²) in [7, 11) is 0. The molecule has 0 radical (unpaired) electrons. The minimum atomic E-state index is 0.463. The van der Waals surface area contributed by atoms with Crippen molar-refractivity contribution in [2.75, 3.05) is 18.8 Å². The normalized spacial score (nSPS) is 24.7. The molecule has 2 heteroatoms. The third-order valence-electron chi connectivity index (χ3n) is 5.14. The molecule has 102 valence electrons. The van der Waals surface area contributed by atoms with Gasteiger partial charge in [0.1, 0.15) is 0 Å². The van der Waals surface area contributed by atoms with E-state index < -0.39 is 0 Å². The summed E-state index contributed by atoms with van der Waals surface area (Å²) in [6, 6.07) is 9.55. The molecule has 0 atom stereocenters. The zero-order valence-corrected chi connectivity index (χ0v) is 11.6. The molecular weight excluding hydrogens is 232 g/mol. The van der Waals surface area contributed by atoms with Crippen molar-refractivity contribution in [3.63, 3.8) is 0 Å². The van der Waals surface area contributed by atoms with Gasteiger partial charge in [-0.15, -0.1) is 0 Å². The van der Waals surface area contributed by atoms with Crippen molar-refractivity contribution in [1.29, 1.82) is 0 Å². The van der Waals surface area contributed by atoms with Crippen LogP contribution in [0.2, 0.25) is 0 Å². The van der Waals surface area contributed by atoms with Crippen molar-refractivity contribution in [2.45, 2.75) is 50.0 Å². The molecule has 0 amide bonds. The molecule has 0 unspecified atom stereocenters. The second-order valence-corrected chi connectivity index (χ2v) is 7.01. The van der Waals surface area contributed by atoms with E-state index in [1.807, 2.05) is 0 Å². The Kier molecular flexibility index (Phi) is 2.63. The summed E-state index contributed by atoms with van der Waals surface area (Å²) in [4.78, 5) is 2.81. The van der Waals surface area contributed by atoms with Gasteiger partial charge in [-0.3, -0.25) is 4.90 Å². The Labute approximate surface area is 116 Å². The number of hydrogen-bond donors (Lipinski definition) is 1. The van der Waals surface area contributed by atoms with Gasteiger partial charge in [0.15, 0.2) is 0 Å². The van der Waals surface area contributed by atoms with Crippen LogP contribution in [0, 0.1) is 5.92 Å². The standard InChI is InChI=1S/C17H24N2/c18-15-5-3-14(4-6-15)17(9-10-17)12-19(16-7-8-16)11-13-1-2-13/h3-6,13,16H,1-2,7-12,18H2. The Morgan fingerprint density at radius 2 is 1.74 bits per heavy atom. The van der Waals surface area contributed by atoms with E-state index in [1.165, 1.54) is 57.2 Å². The monoisotopic (exact) mass is 256 g/mol. The van der Waals surface area contributed by atoms with E-state index in [1.54, 1.807) is 0 Å². The number of anilines is 1. The van der Waals surface area contributed by atoms with Gasteiger partial charge < -0.3 is 5.73 Å². The first-order valence-electron chi connectivity index (χ1n) is 7.85. The fourth-order valence-corrected chi connectivity index (χ4v) is 3.33. The molecule has 0 bridgehead atoms. The van der Waals surface area contributed by atoms with Gasteiger partial charge in [-0.25, -0.2) is 0 Å². The first-order valence-corrected chi connectivity index (χ1v) is 7.85. The van der Waals surface area contributed by atoms with E-state index in [0.29, 0.717) is 5.41 Å². The average Bonchev–Trinajstić information content (AvgIpc) is 3.25. The molecule has 2 nitrogen and oxygen atoms in total. The molecule has 3 fully saturated rings. The molecule has 0 aromatic heterocycles. The molecule has 0 aliphatic heterocycles. The van der Waals surface area contributed by atoms with Crippen LogP contribution in [-0.2, 0) is 5.41 Å². The van der Waals surface area contributed by atoms with Crippen molar-refractivity contribution >= 4 is 5.69 Å². The van der Waals surface area contributed by atoms with Crippen LogP contribution in [0.5, 0.6) is 0 Å². The lowest BCUT2D eigenvalue weighted by atomic mass is 9.95. The lowest BCUT2D eigenvalue weighted by molar-refractivity contribution is 0.229. The highest BCUT2D eigenvalue weighted by Gasteiger charge is 2.47. The van der Waals surface area contributed by atoms with Crippen molar-refractivity contribution in [3.05, 3.63) is 29.8 Å². The van der Waals surface area contributed by atoms with Gasteiger partial charge in [-0.05, 0) is 62.1 Å². The van der Waals surface area contributed by atoms with Gasteiger partial charge in [-0.1, -0.05) is 12.1 Å².